The van der Waals surface area contributed by atoms with Crippen LogP contribution in [0.2, 0.25) is 5.02 Å². The molecule has 0 unspecified atom stereocenters. The van der Waals surface area contributed by atoms with Gasteiger partial charge in [0.15, 0.2) is 0 Å². The number of pyridine rings is 1. The Balaban J connectivity index is 1.54. The molecule has 4 aromatic carbocycles. The van der Waals surface area contributed by atoms with E-state index < -0.39 is 0 Å². The highest BCUT2D eigenvalue weighted by molar-refractivity contribution is 6.34. The molecule has 0 saturated heterocycles. The van der Waals surface area contributed by atoms with Crippen molar-refractivity contribution in [1.82, 2.24) is 4.98 Å². The number of fused-ring (bicyclic) bond motifs is 1. The van der Waals surface area contributed by atoms with E-state index in [4.69, 9.17) is 21.3 Å². The second kappa shape index (κ2) is 10.5. The van der Waals surface area contributed by atoms with Gasteiger partial charge in [-0.25, -0.2) is 4.98 Å². The first-order valence-electron chi connectivity index (χ1n) is 12.2. The first-order valence-corrected chi connectivity index (χ1v) is 12.5. The molecule has 0 radical (unpaired) electrons. The Morgan fingerprint density at radius 3 is 2.32 bits per heavy atom. The molecule has 0 saturated carbocycles. The van der Waals surface area contributed by atoms with Gasteiger partial charge >= 0.3 is 0 Å². The maximum Gasteiger partial charge on any atom is 0.256 e. The van der Waals surface area contributed by atoms with Gasteiger partial charge in [0.1, 0.15) is 12.4 Å². The number of ether oxygens (including phenoxy) is 1. The zero-order valence-corrected chi connectivity index (χ0v) is 21.8. The summed E-state index contributed by atoms with van der Waals surface area (Å²) in [5, 5.41) is 4.32. The summed E-state index contributed by atoms with van der Waals surface area (Å²) >= 11 is 6.33. The van der Waals surface area contributed by atoms with E-state index >= 15 is 0 Å². The van der Waals surface area contributed by atoms with Crippen molar-refractivity contribution in [2.24, 2.45) is 0 Å². The summed E-state index contributed by atoms with van der Waals surface area (Å²) in [6, 6.07) is 29.3. The Labute approximate surface area is 221 Å². The minimum atomic E-state index is -0.216. The first kappa shape index (κ1) is 24.5. The predicted molar refractivity (Wildman–Crippen MR) is 152 cm³/mol. The predicted octanol–water partition coefficient (Wildman–Crippen LogP) is 8.31. The van der Waals surface area contributed by atoms with Crippen LogP contribution in [0.15, 0.2) is 91.0 Å². The number of carbonyl (C=O) groups excluding carboxylic acids is 1. The van der Waals surface area contributed by atoms with E-state index in [9.17, 15) is 4.79 Å². The van der Waals surface area contributed by atoms with Crippen molar-refractivity contribution in [3.05, 3.63) is 124 Å². The van der Waals surface area contributed by atoms with Crippen molar-refractivity contribution in [3.8, 4) is 17.0 Å². The number of amides is 1. The third kappa shape index (κ3) is 5.20. The van der Waals surface area contributed by atoms with E-state index in [0.717, 1.165) is 50.2 Å². The Hall–Kier alpha value is -4.15. The van der Waals surface area contributed by atoms with Crippen molar-refractivity contribution < 1.29 is 9.53 Å². The molecular weight excluding hydrogens is 480 g/mol. The van der Waals surface area contributed by atoms with Gasteiger partial charge in [0, 0.05) is 10.9 Å². The molecule has 1 N–H and O–H groups in total. The number of rotatable bonds is 6. The van der Waals surface area contributed by atoms with Crippen molar-refractivity contribution in [1.29, 1.82) is 0 Å². The second-order valence-corrected chi connectivity index (χ2v) is 9.58. The van der Waals surface area contributed by atoms with Crippen LogP contribution in [0.25, 0.3) is 22.2 Å². The lowest BCUT2D eigenvalue weighted by Crippen LogP contribution is -2.16. The number of carbonyl (C=O) groups is 1. The topological polar surface area (TPSA) is 51.2 Å². The van der Waals surface area contributed by atoms with Crippen LogP contribution in [-0.4, -0.2) is 10.9 Å². The van der Waals surface area contributed by atoms with Crippen molar-refractivity contribution >= 4 is 34.1 Å². The van der Waals surface area contributed by atoms with Crippen LogP contribution in [0.1, 0.15) is 32.6 Å². The van der Waals surface area contributed by atoms with Crippen LogP contribution in [0, 0.1) is 20.8 Å². The number of halogens is 1. The van der Waals surface area contributed by atoms with E-state index in [1.54, 1.807) is 12.1 Å². The van der Waals surface area contributed by atoms with Gasteiger partial charge in [0.2, 0.25) is 0 Å². The van der Waals surface area contributed by atoms with Gasteiger partial charge in [0.25, 0.3) is 5.91 Å². The molecule has 0 bridgehead atoms. The molecule has 5 rings (SSSR count). The first-order chi connectivity index (χ1) is 17.9. The molecular formula is C32H27ClN2O2. The molecule has 0 aliphatic heterocycles. The Bertz CT molecular complexity index is 1600. The maximum atomic E-state index is 13.7. The molecule has 5 aromatic rings. The molecule has 0 aliphatic carbocycles. The fourth-order valence-corrected chi connectivity index (χ4v) is 4.77. The fourth-order valence-electron chi connectivity index (χ4n) is 4.59. The smallest absolute Gasteiger partial charge is 0.256 e. The van der Waals surface area contributed by atoms with Crippen LogP contribution >= 0.6 is 11.6 Å². The Morgan fingerprint density at radius 2 is 1.59 bits per heavy atom. The number of anilines is 1. The van der Waals surface area contributed by atoms with E-state index in [1.807, 2.05) is 93.6 Å². The third-order valence-corrected chi connectivity index (χ3v) is 6.72. The molecule has 1 heterocycles. The molecule has 0 fully saturated rings. The third-order valence-electron chi connectivity index (χ3n) is 6.39. The zero-order valence-electron chi connectivity index (χ0n) is 21.0. The molecule has 184 valence electrons. The van der Waals surface area contributed by atoms with Gasteiger partial charge in [-0.15, -0.1) is 0 Å². The normalized spacial score (nSPS) is 10.9. The Kier molecular flexibility index (Phi) is 6.93. The molecule has 37 heavy (non-hydrogen) atoms. The average molecular weight is 507 g/mol. The SMILES string of the molecule is Cc1cc(C)c2nc(-c3ccc(OCc4ccccc4)cc3)c(C)c(C(=O)Nc3ccccc3Cl)c2c1. The lowest BCUT2D eigenvalue weighted by Gasteiger charge is -2.17. The lowest BCUT2D eigenvalue weighted by atomic mass is 9.94. The maximum absolute atomic E-state index is 13.7. The molecule has 5 heteroatoms. The summed E-state index contributed by atoms with van der Waals surface area (Å²) in [5.41, 5.74) is 7.66. The number of aromatic nitrogens is 1. The largest absolute Gasteiger partial charge is 0.489 e. The summed E-state index contributed by atoms with van der Waals surface area (Å²) in [6.07, 6.45) is 0. The van der Waals surface area contributed by atoms with Crippen molar-refractivity contribution in [3.63, 3.8) is 0 Å². The summed E-state index contributed by atoms with van der Waals surface area (Å²) in [6.45, 7) is 6.50. The van der Waals surface area contributed by atoms with Crippen LogP contribution in [0.4, 0.5) is 5.69 Å². The lowest BCUT2D eigenvalue weighted by molar-refractivity contribution is 0.102. The molecule has 0 atom stereocenters. The molecule has 0 spiro atoms. The van der Waals surface area contributed by atoms with Gasteiger partial charge in [0.05, 0.1) is 27.5 Å². The zero-order chi connectivity index (χ0) is 25.9. The number of hydrogen-bond acceptors (Lipinski definition) is 3. The van der Waals surface area contributed by atoms with Crippen LogP contribution in [0.5, 0.6) is 5.75 Å². The average Bonchev–Trinajstić information content (AvgIpc) is 2.89. The highest BCUT2D eigenvalue weighted by atomic mass is 35.5. The minimum Gasteiger partial charge on any atom is -0.489 e. The second-order valence-electron chi connectivity index (χ2n) is 9.17. The van der Waals surface area contributed by atoms with Crippen LogP contribution in [-0.2, 0) is 6.61 Å². The van der Waals surface area contributed by atoms with E-state index in [-0.39, 0.29) is 5.91 Å². The Morgan fingerprint density at radius 1 is 0.892 bits per heavy atom. The molecule has 1 amide bonds. The quantitative estimate of drug-likeness (QED) is 0.252. The number of aryl methyl sites for hydroxylation is 2. The number of nitrogens with one attached hydrogen (secondary N) is 1. The van der Waals surface area contributed by atoms with Gasteiger partial charge < -0.3 is 10.1 Å². The van der Waals surface area contributed by atoms with Crippen LogP contribution < -0.4 is 10.1 Å². The molecule has 1 aromatic heterocycles. The van der Waals surface area contributed by atoms with Gasteiger partial charge in [-0.3, -0.25) is 4.79 Å². The minimum absolute atomic E-state index is 0.216. The van der Waals surface area contributed by atoms with Gasteiger partial charge in [-0.05, 0) is 79.9 Å². The van der Waals surface area contributed by atoms with Crippen LogP contribution in [0.3, 0.4) is 0 Å². The molecule has 4 nitrogen and oxygen atoms in total. The summed E-state index contributed by atoms with van der Waals surface area (Å²) in [5.74, 6) is 0.557. The molecule has 0 aliphatic rings. The number of hydrogen-bond donors (Lipinski definition) is 1. The van der Waals surface area contributed by atoms with E-state index in [0.29, 0.717) is 22.9 Å². The monoisotopic (exact) mass is 506 g/mol. The summed E-state index contributed by atoms with van der Waals surface area (Å²) in [7, 11) is 0. The number of nitrogens with zero attached hydrogens (tertiary/aromatic N) is 1. The van der Waals surface area contributed by atoms with Gasteiger partial charge in [-0.1, -0.05) is 65.7 Å². The van der Waals surface area contributed by atoms with Crippen molar-refractivity contribution in [2.45, 2.75) is 27.4 Å². The summed E-state index contributed by atoms with van der Waals surface area (Å²) in [4.78, 5) is 18.7. The standard InChI is InChI=1S/C32H27ClN2O2/c1-20-17-21(2)30-26(18-20)29(32(36)34-28-12-8-7-11-27(28)33)22(3)31(35-30)24-13-15-25(16-14-24)37-19-23-9-5-4-6-10-23/h4-18H,19H2,1-3H3,(H,34,36). The van der Waals surface area contributed by atoms with Crippen molar-refractivity contribution in [2.75, 3.05) is 5.32 Å². The highest BCUT2D eigenvalue weighted by Crippen LogP contribution is 2.33. The number of benzene rings is 4. The highest BCUT2D eigenvalue weighted by Gasteiger charge is 2.21. The van der Waals surface area contributed by atoms with E-state index in [2.05, 4.69) is 11.4 Å². The summed E-state index contributed by atoms with van der Waals surface area (Å²) < 4.78 is 5.96. The number of para-hydroxylation sites is 1. The van der Waals surface area contributed by atoms with E-state index in [1.165, 1.54) is 0 Å². The fraction of sp³-hybridized carbons (Fsp3) is 0.125. The van der Waals surface area contributed by atoms with Gasteiger partial charge in [-0.2, -0.15) is 0 Å².